The number of halogens is 1. The maximum atomic E-state index is 6.19. The molecule has 0 bridgehead atoms. The number of rotatable bonds is 2. The van der Waals surface area contributed by atoms with Crippen LogP contribution in [-0.2, 0) is 12.8 Å². The standard InChI is InChI=1S/C17H14ClN3/c1-2-16-19-20-17(18)21(16)13-7-8-15-12(10-13)9-11-5-3-4-6-14(11)15/h3-8,10H,2,9H2,1H3. The van der Waals surface area contributed by atoms with E-state index in [1.807, 2.05) is 4.57 Å². The van der Waals surface area contributed by atoms with E-state index >= 15 is 0 Å². The number of hydrogen-bond acceptors (Lipinski definition) is 2. The number of hydrogen-bond donors (Lipinski definition) is 0. The van der Waals surface area contributed by atoms with Crippen LogP contribution in [0.4, 0.5) is 0 Å². The average molecular weight is 296 g/mol. The minimum Gasteiger partial charge on any atom is -0.270 e. The molecule has 4 rings (SSSR count). The summed E-state index contributed by atoms with van der Waals surface area (Å²) in [4.78, 5) is 0. The fraction of sp³-hybridized carbons (Fsp3) is 0.176. The van der Waals surface area contributed by atoms with Crippen LogP contribution in [0.2, 0.25) is 5.28 Å². The molecule has 1 aromatic heterocycles. The first-order valence-corrected chi connectivity index (χ1v) is 7.47. The fourth-order valence-electron chi connectivity index (χ4n) is 3.05. The molecule has 3 aromatic rings. The number of aromatic nitrogens is 3. The van der Waals surface area contributed by atoms with Gasteiger partial charge in [0.25, 0.3) is 0 Å². The molecule has 1 aliphatic carbocycles. The Balaban J connectivity index is 1.85. The zero-order valence-corrected chi connectivity index (χ0v) is 12.4. The lowest BCUT2D eigenvalue weighted by Crippen LogP contribution is -2.01. The van der Waals surface area contributed by atoms with Crippen LogP contribution in [0, 0.1) is 0 Å². The molecule has 0 aliphatic heterocycles. The highest BCUT2D eigenvalue weighted by Gasteiger charge is 2.19. The fourth-order valence-corrected chi connectivity index (χ4v) is 3.28. The van der Waals surface area contributed by atoms with E-state index in [1.54, 1.807) is 0 Å². The summed E-state index contributed by atoms with van der Waals surface area (Å²) in [5.41, 5.74) is 6.41. The third-order valence-corrected chi connectivity index (χ3v) is 4.29. The molecule has 0 atom stereocenters. The van der Waals surface area contributed by atoms with Crippen molar-refractivity contribution < 1.29 is 0 Å². The molecule has 104 valence electrons. The summed E-state index contributed by atoms with van der Waals surface area (Å²) in [6.45, 7) is 2.06. The maximum absolute atomic E-state index is 6.19. The molecule has 1 aliphatic rings. The zero-order chi connectivity index (χ0) is 14.4. The van der Waals surface area contributed by atoms with Gasteiger partial charge in [-0.2, -0.15) is 0 Å². The summed E-state index contributed by atoms with van der Waals surface area (Å²) in [5, 5.41) is 8.52. The van der Waals surface area contributed by atoms with E-state index in [0.29, 0.717) is 5.28 Å². The Labute approximate surface area is 128 Å². The van der Waals surface area contributed by atoms with Gasteiger partial charge in [-0.3, -0.25) is 4.57 Å². The van der Waals surface area contributed by atoms with Gasteiger partial charge in [0.1, 0.15) is 5.82 Å². The van der Waals surface area contributed by atoms with E-state index in [2.05, 4.69) is 59.6 Å². The van der Waals surface area contributed by atoms with Crippen molar-refractivity contribution in [1.29, 1.82) is 0 Å². The highest BCUT2D eigenvalue weighted by atomic mass is 35.5. The predicted octanol–water partition coefficient (Wildman–Crippen LogP) is 4.05. The minimum atomic E-state index is 0.419. The van der Waals surface area contributed by atoms with Gasteiger partial charge in [0.2, 0.25) is 5.28 Å². The molecule has 0 fully saturated rings. The second kappa shape index (κ2) is 4.71. The van der Waals surface area contributed by atoms with Crippen molar-refractivity contribution in [1.82, 2.24) is 14.8 Å². The quantitative estimate of drug-likeness (QED) is 0.558. The summed E-state index contributed by atoms with van der Waals surface area (Å²) in [6, 6.07) is 15.0. The lowest BCUT2D eigenvalue weighted by atomic mass is 10.1. The second-order valence-electron chi connectivity index (χ2n) is 5.25. The molecule has 1 heterocycles. The average Bonchev–Trinajstić information content (AvgIpc) is 3.06. The summed E-state index contributed by atoms with van der Waals surface area (Å²) in [7, 11) is 0. The molecule has 0 spiro atoms. The molecule has 2 aromatic carbocycles. The summed E-state index contributed by atoms with van der Waals surface area (Å²) >= 11 is 6.19. The van der Waals surface area contributed by atoms with Crippen molar-refractivity contribution in [2.75, 3.05) is 0 Å². The van der Waals surface area contributed by atoms with Gasteiger partial charge < -0.3 is 0 Å². The van der Waals surface area contributed by atoms with Crippen LogP contribution in [-0.4, -0.2) is 14.8 Å². The molecular formula is C17H14ClN3. The molecular weight excluding hydrogens is 282 g/mol. The Kier molecular flexibility index (Phi) is 2.82. The predicted molar refractivity (Wildman–Crippen MR) is 84.0 cm³/mol. The Hall–Kier alpha value is -2.13. The highest BCUT2D eigenvalue weighted by molar-refractivity contribution is 6.28. The first kappa shape index (κ1) is 12.6. The Morgan fingerprint density at radius 2 is 1.86 bits per heavy atom. The van der Waals surface area contributed by atoms with Crippen molar-refractivity contribution in [2.24, 2.45) is 0 Å². The summed E-state index contributed by atoms with van der Waals surface area (Å²) < 4.78 is 1.92. The first-order chi connectivity index (χ1) is 10.3. The van der Waals surface area contributed by atoms with Crippen molar-refractivity contribution in [3.63, 3.8) is 0 Å². The second-order valence-corrected chi connectivity index (χ2v) is 5.59. The van der Waals surface area contributed by atoms with E-state index in [0.717, 1.165) is 24.4 Å². The van der Waals surface area contributed by atoms with Crippen LogP contribution in [0.1, 0.15) is 23.9 Å². The zero-order valence-electron chi connectivity index (χ0n) is 11.7. The number of benzene rings is 2. The van der Waals surface area contributed by atoms with Gasteiger partial charge in [-0.05, 0) is 52.4 Å². The molecule has 21 heavy (non-hydrogen) atoms. The molecule has 0 amide bonds. The molecule has 0 unspecified atom stereocenters. The summed E-state index contributed by atoms with van der Waals surface area (Å²) in [5.74, 6) is 0.885. The van der Waals surface area contributed by atoms with E-state index in [-0.39, 0.29) is 0 Å². The largest absolute Gasteiger partial charge is 0.270 e. The lowest BCUT2D eigenvalue weighted by molar-refractivity contribution is 0.882. The number of fused-ring (bicyclic) bond motifs is 3. The third kappa shape index (κ3) is 1.88. The van der Waals surface area contributed by atoms with Crippen molar-refractivity contribution in [2.45, 2.75) is 19.8 Å². The van der Waals surface area contributed by atoms with E-state index in [4.69, 9.17) is 11.6 Å². The monoisotopic (exact) mass is 295 g/mol. The van der Waals surface area contributed by atoms with Gasteiger partial charge in [0, 0.05) is 6.42 Å². The van der Waals surface area contributed by atoms with Crippen molar-refractivity contribution in [3.8, 4) is 16.8 Å². The molecule has 0 saturated carbocycles. The molecule has 0 saturated heterocycles. The van der Waals surface area contributed by atoms with E-state index in [1.165, 1.54) is 22.3 Å². The van der Waals surface area contributed by atoms with Crippen LogP contribution >= 0.6 is 11.6 Å². The SMILES string of the molecule is CCc1nnc(Cl)n1-c1ccc2c(c1)Cc1ccccc1-2. The number of aryl methyl sites for hydroxylation is 1. The normalized spacial score (nSPS) is 12.3. The van der Waals surface area contributed by atoms with Gasteiger partial charge in [-0.25, -0.2) is 0 Å². The van der Waals surface area contributed by atoms with Gasteiger partial charge in [0.05, 0.1) is 5.69 Å². The van der Waals surface area contributed by atoms with Crippen LogP contribution in [0.25, 0.3) is 16.8 Å². The first-order valence-electron chi connectivity index (χ1n) is 7.09. The van der Waals surface area contributed by atoms with E-state index in [9.17, 15) is 0 Å². The Morgan fingerprint density at radius 1 is 1.05 bits per heavy atom. The Morgan fingerprint density at radius 3 is 2.71 bits per heavy atom. The van der Waals surface area contributed by atoms with Gasteiger partial charge in [-0.1, -0.05) is 37.3 Å². The van der Waals surface area contributed by atoms with Gasteiger partial charge in [0.15, 0.2) is 0 Å². The maximum Gasteiger partial charge on any atom is 0.229 e. The van der Waals surface area contributed by atoms with Crippen molar-refractivity contribution in [3.05, 3.63) is 64.7 Å². The third-order valence-electron chi connectivity index (χ3n) is 4.04. The molecule has 0 radical (unpaired) electrons. The number of nitrogens with zero attached hydrogens (tertiary/aromatic N) is 3. The summed E-state index contributed by atoms with van der Waals surface area (Å²) in [6.07, 6.45) is 1.78. The molecule has 0 N–H and O–H groups in total. The van der Waals surface area contributed by atoms with Crippen LogP contribution in [0.5, 0.6) is 0 Å². The van der Waals surface area contributed by atoms with Crippen LogP contribution in [0.15, 0.2) is 42.5 Å². The Bertz CT molecular complexity index is 836. The smallest absolute Gasteiger partial charge is 0.229 e. The highest BCUT2D eigenvalue weighted by Crippen LogP contribution is 2.37. The van der Waals surface area contributed by atoms with E-state index < -0.39 is 0 Å². The molecule has 3 nitrogen and oxygen atoms in total. The van der Waals surface area contributed by atoms with Crippen molar-refractivity contribution >= 4 is 11.6 Å². The van der Waals surface area contributed by atoms with Crippen LogP contribution < -0.4 is 0 Å². The molecule has 4 heteroatoms. The van der Waals surface area contributed by atoms with Crippen LogP contribution in [0.3, 0.4) is 0 Å². The van der Waals surface area contributed by atoms with Gasteiger partial charge in [-0.15, -0.1) is 10.2 Å². The van der Waals surface area contributed by atoms with Gasteiger partial charge >= 0.3 is 0 Å². The topological polar surface area (TPSA) is 30.7 Å². The minimum absolute atomic E-state index is 0.419. The lowest BCUT2D eigenvalue weighted by Gasteiger charge is -2.09.